The highest BCUT2D eigenvalue weighted by molar-refractivity contribution is 4.94. The fourth-order valence-electron chi connectivity index (χ4n) is 3.96. The fraction of sp³-hybridized carbons (Fsp3) is 1.00. The van der Waals surface area contributed by atoms with Gasteiger partial charge in [-0.05, 0) is 32.1 Å². The largest absolute Gasteiger partial charge is 0.392 e. The van der Waals surface area contributed by atoms with Crippen LogP contribution in [0.2, 0.25) is 0 Å². The molecular weight excluding hydrogens is 214 g/mol. The van der Waals surface area contributed by atoms with Crippen molar-refractivity contribution >= 4 is 0 Å². The fourth-order valence-corrected chi connectivity index (χ4v) is 3.96. The van der Waals surface area contributed by atoms with Gasteiger partial charge in [-0.2, -0.15) is 0 Å². The van der Waals surface area contributed by atoms with Crippen LogP contribution in [-0.4, -0.2) is 47.4 Å². The summed E-state index contributed by atoms with van der Waals surface area (Å²) in [6.45, 7) is 2.90. The molecule has 2 unspecified atom stereocenters. The minimum absolute atomic E-state index is 0.0832. The molecule has 98 valence electrons. The molecule has 1 spiro atoms. The Morgan fingerprint density at radius 1 is 1.12 bits per heavy atom. The van der Waals surface area contributed by atoms with E-state index in [0.29, 0.717) is 6.04 Å². The van der Waals surface area contributed by atoms with E-state index >= 15 is 0 Å². The molecule has 1 saturated carbocycles. The Morgan fingerprint density at radius 3 is 2.65 bits per heavy atom. The lowest BCUT2D eigenvalue weighted by atomic mass is 9.78. The minimum atomic E-state index is -0.0832. The number of aliphatic hydroxyl groups excluding tert-OH is 1. The number of ether oxygens (including phenoxy) is 1. The summed E-state index contributed by atoms with van der Waals surface area (Å²) in [6.07, 6.45) is 9.85. The highest BCUT2D eigenvalue weighted by Gasteiger charge is 2.41. The Hall–Kier alpha value is -0.120. The van der Waals surface area contributed by atoms with Crippen LogP contribution in [0.15, 0.2) is 0 Å². The first kappa shape index (κ1) is 11.9. The average molecular weight is 239 g/mol. The number of hydrogen-bond donors (Lipinski definition) is 1. The van der Waals surface area contributed by atoms with E-state index in [2.05, 4.69) is 4.90 Å². The second-order valence-corrected chi connectivity index (χ2v) is 6.18. The third-order valence-electron chi connectivity index (χ3n) is 4.94. The number of nitrogens with zero attached hydrogens (tertiary/aromatic N) is 1. The molecular formula is C14H25NO2. The second kappa shape index (κ2) is 4.87. The van der Waals surface area contributed by atoms with Crippen molar-refractivity contribution in [2.75, 3.05) is 19.7 Å². The van der Waals surface area contributed by atoms with E-state index in [1.54, 1.807) is 0 Å². The minimum Gasteiger partial charge on any atom is -0.392 e. The Balaban J connectivity index is 1.62. The zero-order chi connectivity index (χ0) is 11.7. The lowest BCUT2D eigenvalue weighted by Crippen LogP contribution is -2.49. The SMILES string of the molecule is OC1CCN(C2CCOC3(CCCCC3)C2)C1. The van der Waals surface area contributed by atoms with E-state index in [-0.39, 0.29) is 11.7 Å². The third-order valence-corrected chi connectivity index (χ3v) is 4.94. The maximum absolute atomic E-state index is 9.66. The molecule has 1 aliphatic carbocycles. The molecule has 3 aliphatic rings. The van der Waals surface area contributed by atoms with Crippen LogP contribution >= 0.6 is 0 Å². The van der Waals surface area contributed by atoms with Crippen LogP contribution in [0.25, 0.3) is 0 Å². The first-order chi connectivity index (χ1) is 8.27. The van der Waals surface area contributed by atoms with Crippen molar-refractivity contribution in [2.45, 2.75) is 69.1 Å². The molecule has 17 heavy (non-hydrogen) atoms. The Morgan fingerprint density at radius 2 is 1.94 bits per heavy atom. The summed E-state index contributed by atoms with van der Waals surface area (Å²) in [5.41, 5.74) is 0.203. The molecule has 3 rings (SSSR count). The van der Waals surface area contributed by atoms with Gasteiger partial charge in [0.1, 0.15) is 0 Å². The Labute approximate surface area is 104 Å². The zero-order valence-electron chi connectivity index (χ0n) is 10.7. The van der Waals surface area contributed by atoms with Crippen molar-refractivity contribution in [2.24, 2.45) is 0 Å². The van der Waals surface area contributed by atoms with Crippen molar-refractivity contribution in [1.29, 1.82) is 0 Å². The molecule has 0 radical (unpaired) electrons. The number of hydrogen-bond acceptors (Lipinski definition) is 3. The molecule has 2 heterocycles. The summed E-state index contributed by atoms with van der Waals surface area (Å²) in [6, 6.07) is 0.666. The molecule has 2 atom stereocenters. The van der Waals surface area contributed by atoms with E-state index in [4.69, 9.17) is 4.74 Å². The van der Waals surface area contributed by atoms with Gasteiger partial charge >= 0.3 is 0 Å². The van der Waals surface area contributed by atoms with E-state index in [1.165, 1.54) is 38.5 Å². The molecule has 0 aromatic carbocycles. The highest BCUT2D eigenvalue weighted by Crippen LogP contribution is 2.40. The van der Waals surface area contributed by atoms with Crippen molar-refractivity contribution in [1.82, 2.24) is 4.90 Å². The van der Waals surface area contributed by atoms with Gasteiger partial charge in [0.05, 0.1) is 11.7 Å². The summed E-state index contributed by atoms with van der Waals surface area (Å²) in [7, 11) is 0. The molecule has 0 amide bonds. The molecule has 3 nitrogen and oxygen atoms in total. The van der Waals surface area contributed by atoms with Crippen molar-refractivity contribution < 1.29 is 9.84 Å². The van der Waals surface area contributed by atoms with Crippen LogP contribution < -0.4 is 0 Å². The van der Waals surface area contributed by atoms with Crippen molar-refractivity contribution in [3.63, 3.8) is 0 Å². The predicted molar refractivity (Wildman–Crippen MR) is 67.0 cm³/mol. The standard InChI is InChI=1S/C14H25NO2/c16-13-4-8-15(11-13)12-5-9-17-14(10-12)6-2-1-3-7-14/h12-13,16H,1-11H2. The van der Waals surface area contributed by atoms with Gasteiger partial charge in [0, 0.05) is 25.7 Å². The van der Waals surface area contributed by atoms with Crippen LogP contribution in [0.3, 0.4) is 0 Å². The van der Waals surface area contributed by atoms with Crippen molar-refractivity contribution in [3.8, 4) is 0 Å². The summed E-state index contributed by atoms with van der Waals surface area (Å²) in [5.74, 6) is 0. The monoisotopic (exact) mass is 239 g/mol. The van der Waals surface area contributed by atoms with Gasteiger partial charge < -0.3 is 9.84 Å². The molecule has 2 saturated heterocycles. The number of likely N-dealkylation sites (tertiary alicyclic amines) is 1. The van der Waals surface area contributed by atoms with Gasteiger partial charge in [0.15, 0.2) is 0 Å². The third kappa shape index (κ3) is 2.51. The van der Waals surface area contributed by atoms with Crippen LogP contribution in [0.5, 0.6) is 0 Å². The van der Waals surface area contributed by atoms with Crippen LogP contribution in [0.4, 0.5) is 0 Å². The van der Waals surface area contributed by atoms with Crippen LogP contribution in [0, 0.1) is 0 Å². The van der Waals surface area contributed by atoms with Crippen LogP contribution in [0.1, 0.15) is 51.4 Å². The van der Waals surface area contributed by atoms with Gasteiger partial charge in [0.25, 0.3) is 0 Å². The molecule has 2 aliphatic heterocycles. The lowest BCUT2D eigenvalue weighted by molar-refractivity contribution is -0.122. The summed E-state index contributed by atoms with van der Waals surface area (Å²) >= 11 is 0. The summed E-state index contributed by atoms with van der Waals surface area (Å²) in [5, 5.41) is 9.66. The Bertz CT molecular complexity index is 257. The second-order valence-electron chi connectivity index (χ2n) is 6.18. The number of aliphatic hydroxyl groups is 1. The quantitative estimate of drug-likeness (QED) is 0.759. The van der Waals surface area contributed by atoms with Crippen molar-refractivity contribution in [3.05, 3.63) is 0 Å². The highest BCUT2D eigenvalue weighted by atomic mass is 16.5. The normalized spacial score (nSPS) is 38.6. The molecule has 0 aromatic rings. The number of rotatable bonds is 1. The zero-order valence-corrected chi connectivity index (χ0v) is 10.7. The van der Waals surface area contributed by atoms with Gasteiger partial charge in [-0.1, -0.05) is 19.3 Å². The molecule has 0 aromatic heterocycles. The first-order valence-electron chi connectivity index (χ1n) is 7.34. The first-order valence-corrected chi connectivity index (χ1v) is 7.34. The van der Waals surface area contributed by atoms with Gasteiger partial charge in [0.2, 0.25) is 0 Å². The average Bonchev–Trinajstić information content (AvgIpc) is 2.77. The van der Waals surface area contributed by atoms with E-state index < -0.39 is 0 Å². The van der Waals surface area contributed by atoms with E-state index in [0.717, 1.165) is 32.5 Å². The number of β-amino-alcohol motifs (C(OH)–C–C–N with tert-alkyl or cyclic N) is 1. The van der Waals surface area contributed by atoms with Gasteiger partial charge in [-0.25, -0.2) is 0 Å². The Kier molecular flexibility index (Phi) is 3.42. The maximum atomic E-state index is 9.66. The summed E-state index contributed by atoms with van der Waals surface area (Å²) < 4.78 is 6.13. The van der Waals surface area contributed by atoms with E-state index in [9.17, 15) is 5.11 Å². The van der Waals surface area contributed by atoms with Gasteiger partial charge in [-0.3, -0.25) is 4.90 Å². The topological polar surface area (TPSA) is 32.7 Å². The predicted octanol–water partition coefficient (Wildman–Crippen LogP) is 1.93. The molecule has 1 N–H and O–H groups in total. The summed E-state index contributed by atoms with van der Waals surface area (Å²) in [4.78, 5) is 2.50. The lowest BCUT2D eigenvalue weighted by Gasteiger charge is -2.45. The van der Waals surface area contributed by atoms with E-state index in [1.807, 2.05) is 0 Å². The van der Waals surface area contributed by atoms with Gasteiger partial charge in [-0.15, -0.1) is 0 Å². The molecule has 0 bridgehead atoms. The van der Waals surface area contributed by atoms with Crippen LogP contribution in [-0.2, 0) is 4.74 Å². The molecule has 3 fully saturated rings. The maximum Gasteiger partial charge on any atom is 0.0697 e. The smallest absolute Gasteiger partial charge is 0.0697 e. The molecule has 3 heteroatoms.